The van der Waals surface area contributed by atoms with E-state index in [0.29, 0.717) is 12.1 Å². The highest BCUT2D eigenvalue weighted by Crippen LogP contribution is 2.39. The molecule has 1 amide bonds. The van der Waals surface area contributed by atoms with E-state index in [9.17, 15) is 14.7 Å². The molecule has 1 aliphatic heterocycles. The lowest BCUT2D eigenvalue weighted by molar-refractivity contribution is -0.139. The molecule has 1 aromatic carbocycles. The van der Waals surface area contributed by atoms with Gasteiger partial charge in [0.15, 0.2) is 0 Å². The van der Waals surface area contributed by atoms with Crippen LogP contribution >= 0.6 is 0 Å². The van der Waals surface area contributed by atoms with Crippen molar-refractivity contribution >= 4 is 17.4 Å². The van der Waals surface area contributed by atoms with Crippen molar-refractivity contribution in [1.29, 1.82) is 0 Å². The van der Waals surface area contributed by atoms with Gasteiger partial charge < -0.3 is 10.0 Å². The first-order valence-corrected chi connectivity index (χ1v) is 10.4. The molecule has 0 spiro atoms. The number of Topliss-reactive ketones (excluding diaryl/α,β-unsaturated/α-hetero) is 1. The molecule has 5 nitrogen and oxygen atoms in total. The van der Waals surface area contributed by atoms with Gasteiger partial charge in [-0.15, -0.1) is 0 Å². The van der Waals surface area contributed by atoms with E-state index in [1.54, 1.807) is 47.6 Å². The summed E-state index contributed by atoms with van der Waals surface area (Å²) >= 11 is 0. The number of ketones is 1. The molecular formula is C24H28N2O3. The monoisotopic (exact) mass is 392 g/mol. The van der Waals surface area contributed by atoms with Gasteiger partial charge in [-0.3, -0.25) is 14.6 Å². The third-order valence-corrected chi connectivity index (χ3v) is 5.34. The van der Waals surface area contributed by atoms with Crippen molar-refractivity contribution in [2.45, 2.75) is 51.5 Å². The quantitative estimate of drug-likeness (QED) is 0.286. The number of hydrogen-bond acceptors (Lipinski definition) is 4. The Morgan fingerprint density at radius 2 is 1.72 bits per heavy atom. The fourth-order valence-corrected chi connectivity index (χ4v) is 3.81. The van der Waals surface area contributed by atoms with Gasteiger partial charge in [0.1, 0.15) is 5.76 Å². The van der Waals surface area contributed by atoms with E-state index >= 15 is 0 Å². The first-order chi connectivity index (χ1) is 14.1. The number of amides is 1. The summed E-state index contributed by atoms with van der Waals surface area (Å²) < 4.78 is 0. The van der Waals surface area contributed by atoms with Gasteiger partial charge in [0.25, 0.3) is 11.7 Å². The first kappa shape index (κ1) is 20.8. The summed E-state index contributed by atoms with van der Waals surface area (Å²) in [5, 5.41) is 10.9. The summed E-state index contributed by atoms with van der Waals surface area (Å²) in [6.07, 6.45) is 9.88. The Bertz CT molecular complexity index is 862. The topological polar surface area (TPSA) is 70.5 Å². The molecular weight excluding hydrogens is 364 g/mol. The molecule has 1 fully saturated rings. The number of carbonyl (C=O) groups excluding carboxylic acids is 2. The molecule has 1 aromatic heterocycles. The minimum absolute atomic E-state index is 0.136. The molecule has 0 bridgehead atoms. The minimum atomic E-state index is -0.633. The standard InChI is InChI=1S/C24H28N2O3/c1-2-3-4-5-6-10-16-26-21(19-14-11-15-25-17-19)20(23(28)24(26)29)22(27)18-12-8-7-9-13-18/h7-9,11-15,17,21,27H,2-6,10,16H2,1H3/t21-/m0/s1. The van der Waals surface area contributed by atoms with E-state index in [0.717, 1.165) is 24.8 Å². The number of likely N-dealkylation sites (tertiary alicyclic amines) is 1. The van der Waals surface area contributed by atoms with Gasteiger partial charge in [-0.05, 0) is 18.1 Å². The number of carbonyl (C=O) groups is 2. The van der Waals surface area contributed by atoms with Crippen LogP contribution in [0.15, 0.2) is 60.4 Å². The maximum absolute atomic E-state index is 12.9. The van der Waals surface area contributed by atoms with E-state index in [1.165, 1.54) is 19.3 Å². The molecule has 0 unspecified atom stereocenters. The maximum Gasteiger partial charge on any atom is 0.295 e. The van der Waals surface area contributed by atoms with Crippen molar-refractivity contribution in [1.82, 2.24) is 9.88 Å². The summed E-state index contributed by atoms with van der Waals surface area (Å²) in [6.45, 7) is 2.67. The zero-order valence-electron chi connectivity index (χ0n) is 16.9. The second-order valence-corrected chi connectivity index (χ2v) is 7.41. The smallest absolute Gasteiger partial charge is 0.295 e. The highest BCUT2D eigenvalue weighted by molar-refractivity contribution is 6.46. The Morgan fingerprint density at radius 1 is 1.00 bits per heavy atom. The minimum Gasteiger partial charge on any atom is -0.507 e. The van der Waals surface area contributed by atoms with Crippen LogP contribution in [0.3, 0.4) is 0 Å². The number of aliphatic hydroxyl groups is 1. The largest absolute Gasteiger partial charge is 0.507 e. The first-order valence-electron chi connectivity index (χ1n) is 10.4. The van der Waals surface area contributed by atoms with Gasteiger partial charge in [0.2, 0.25) is 0 Å². The van der Waals surface area contributed by atoms with Crippen molar-refractivity contribution in [2.24, 2.45) is 0 Å². The van der Waals surface area contributed by atoms with Gasteiger partial charge in [-0.25, -0.2) is 0 Å². The summed E-state index contributed by atoms with van der Waals surface area (Å²) in [6, 6.07) is 11.9. The Balaban J connectivity index is 1.90. The van der Waals surface area contributed by atoms with Gasteiger partial charge >= 0.3 is 0 Å². The van der Waals surface area contributed by atoms with Crippen LogP contribution in [-0.4, -0.2) is 33.2 Å². The molecule has 1 N–H and O–H groups in total. The van der Waals surface area contributed by atoms with Crippen molar-refractivity contribution in [2.75, 3.05) is 6.54 Å². The Labute approximate surface area is 172 Å². The molecule has 2 heterocycles. The van der Waals surface area contributed by atoms with Crippen LogP contribution in [0, 0.1) is 0 Å². The van der Waals surface area contributed by atoms with Crippen LogP contribution in [0.1, 0.15) is 62.6 Å². The molecule has 5 heteroatoms. The van der Waals surface area contributed by atoms with E-state index in [2.05, 4.69) is 11.9 Å². The summed E-state index contributed by atoms with van der Waals surface area (Å²) in [5.74, 6) is -1.32. The van der Waals surface area contributed by atoms with Gasteiger partial charge in [0, 0.05) is 24.5 Å². The normalized spacial score (nSPS) is 18.4. The van der Waals surface area contributed by atoms with Gasteiger partial charge in [-0.2, -0.15) is 0 Å². The fraction of sp³-hybridized carbons (Fsp3) is 0.375. The number of pyridine rings is 1. The Morgan fingerprint density at radius 3 is 2.41 bits per heavy atom. The summed E-state index contributed by atoms with van der Waals surface area (Å²) in [7, 11) is 0. The number of aliphatic hydroxyl groups excluding tert-OH is 1. The molecule has 2 aromatic rings. The van der Waals surface area contributed by atoms with Gasteiger partial charge in [0.05, 0.1) is 11.6 Å². The second kappa shape index (κ2) is 10.0. The third-order valence-electron chi connectivity index (χ3n) is 5.34. The number of hydrogen-bond donors (Lipinski definition) is 1. The molecule has 152 valence electrons. The van der Waals surface area contributed by atoms with E-state index < -0.39 is 17.7 Å². The lowest BCUT2D eigenvalue weighted by Crippen LogP contribution is -2.30. The highest BCUT2D eigenvalue weighted by atomic mass is 16.3. The lowest BCUT2D eigenvalue weighted by Gasteiger charge is -2.25. The average Bonchev–Trinajstić information content (AvgIpc) is 3.01. The van der Waals surface area contributed by atoms with Crippen molar-refractivity contribution < 1.29 is 14.7 Å². The highest BCUT2D eigenvalue weighted by Gasteiger charge is 2.45. The molecule has 1 aliphatic rings. The van der Waals surface area contributed by atoms with Crippen molar-refractivity contribution in [3.8, 4) is 0 Å². The predicted molar refractivity (Wildman–Crippen MR) is 113 cm³/mol. The zero-order valence-corrected chi connectivity index (χ0v) is 16.9. The fourth-order valence-electron chi connectivity index (χ4n) is 3.81. The Hall–Kier alpha value is -2.95. The number of nitrogens with zero attached hydrogens (tertiary/aromatic N) is 2. The molecule has 0 radical (unpaired) electrons. The van der Waals surface area contributed by atoms with Crippen LogP contribution < -0.4 is 0 Å². The maximum atomic E-state index is 12.9. The van der Waals surface area contributed by atoms with Crippen LogP contribution in [-0.2, 0) is 9.59 Å². The second-order valence-electron chi connectivity index (χ2n) is 7.41. The van der Waals surface area contributed by atoms with E-state index in [1.807, 2.05) is 12.1 Å². The molecule has 1 atom stereocenters. The summed E-state index contributed by atoms with van der Waals surface area (Å²) in [4.78, 5) is 31.4. The Kier molecular flexibility index (Phi) is 7.17. The molecule has 1 saturated heterocycles. The molecule has 3 rings (SSSR count). The third kappa shape index (κ3) is 4.73. The van der Waals surface area contributed by atoms with Gasteiger partial charge in [-0.1, -0.05) is 75.4 Å². The van der Waals surface area contributed by atoms with E-state index in [-0.39, 0.29) is 11.3 Å². The molecule has 0 saturated carbocycles. The molecule has 29 heavy (non-hydrogen) atoms. The number of benzene rings is 1. The van der Waals surface area contributed by atoms with Crippen LogP contribution in [0.25, 0.3) is 5.76 Å². The number of rotatable bonds is 9. The predicted octanol–water partition coefficient (Wildman–Crippen LogP) is 4.86. The number of aromatic nitrogens is 1. The average molecular weight is 392 g/mol. The SMILES string of the molecule is CCCCCCCCN1C(=O)C(=O)C(=C(O)c2ccccc2)[C@@H]1c1cccnc1. The van der Waals surface area contributed by atoms with Crippen molar-refractivity contribution in [3.05, 3.63) is 71.6 Å². The van der Waals surface area contributed by atoms with Crippen LogP contribution in [0.4, 0.5) is 0 Å². The van der Waals surface area contributed by atoms with Crippen LogP contribution in [0.5, 0.6) is 0 Å². The molecule has 0 aliphatic carbocycles. The summed E-state index contributed by atoms with van der Waals surface area (Å²) in [5.41, 5.74) is 1.40. The number of unbranched alkanes of at least 4 members (excludes halogenated alkanes) is 5. The van der Waals surface area contributed by atoms with Crippen molar-refractivity contribution in [3.63, 3.8) is 0 Å². The van der Waals surface area contributed by atoms with Crippen LogP contribution in [0.2, 0.25) is 0 Å². The lowest BCUT2D eigenvalue weighted by atomic mass is 9.96. The zero-order chi connectivity index (χ0) is 20.6. The van der Waals surface area contributed by atoms with E-state index in [4.69, 9.17) is 0 Å².